The van der Waals surface area contributed by atoms with Crippen molar-refractivity contribution >= 4 is 38.4 Å². The molecule has 0 radical (unpaired) electrons. The van der Waals surface area contributed by atoms with Gasteiger partial charge < -0.3 is 0 Å². The summed E-state index contributed by atoms with van der Waals surface area (Å²) in [5.74, 6) is 0. The smallest absolute Gasteiger partial charge is 0.187 e. The zero-order chi connectivity index (χ0) is 25.5. The minimum atomic E-state index is 0.608. The summed E-state index contributed by atoms with van der Waals surface area (Å²) in [6.45, 7) is 7.31. The molecule has 0 N–H and O–H groups in total. The largest absolute Gasteiger partial charge is 0.247 e. The first-order chi connectivity index (χ1) is 18.8. The minimum Gasteiger partial charge on any atom is -0.247 e. The van der Waals surface area contributed by atoms with E-state index in [1.807, 2.05) is 84.9 Å². The van der Waals surface area contributed by atoms with Crippen molar-refractivity contribution in [1.82, 2.24) is 15.0 Å². The third kappa shape index (κ3) is 3.57. The van der Waals surface area contributed by atoms with Gasteiger partial charge in [0, 0.05) is 27.3 Å². The summed E-state index contributed by atoms with van der Waals surface area (Å²) in [7, 11) is 0. The molecule has 0 amide bonds. The van der Waals surface area contributed by atoms with Crippen LogP contribution in [0.15, 0.2) is 121 Å². The maximum Gasteiger partial charge on any atom is 0.187 e. The second kappa shape index (κ2) is 8.92. The highest BCUT2D eigenvalue weighted by atomic mass is 14.8. The molecule has 38 heavy (non-hydrogen) atoms. The number of pyridine rings is 1. The van der Waals surface area contributed by atoms with Crippen molar-refractivity contribution in [3.05, 3.63) is 133 Å². The molecule has 0 atom stereocenters. The number of hydrogen-bond acceptors (Lipinski definition) is 3. The molecule has 0 unspecified atom stereocenters. The number of benzene rings is 5. The third-order valence-corrected chi connectivity index (χ3v) is 6.86. The van der Waals surface area contributed by atoms with Crippen LogP contribution in [-0.2, 0) is 0 Å². The molecule has 0 bridgehead atoms. The highest BCUT2D eigenvalue weighted by molar-refractivity contribution is 6.21. The molecular formula is C34H20N4. The molecule has 0 saturated carbocycles. The van der Waals surface area contributed by atoms with Crippen molar-refractivity contribution in [3.63, 3.8) is 0 Å². The molecule has 0 aliphatic carbocycles. The van der Waals surface area contributed by atoms with Crippen LogP contribution in [0.2, 0.25) is 0 Å². The summed E-state index contributed by atoms with van der Waals surface area (Å²) in [5, 5.41) is 3.07. The zero-order valence-corrected chi connectivity index (χ0v) is 20.3. The lowest BCUT2D eigenvalue weighted by molar-refractivity contribution is 1.30. The number of para-hydroxylation sites is 1. The topological polar surface area (TPSA) is 43.0 Å². The SMILES string of the molecule is [C-]#[N+]c1ccc(-c2nc3ccccc3c3c2ccc2nc(-c4ccccc4)c(-c4ccccc4)nc23)cc1. The molecule has 2 heterocycles. The maximum absolute atomic E-state index is 7.31. The van der Waals surface area contributed by atoms with Gasteiger partial charge in [0.05, 0.1) is 40.2 Å². The monoisotopic (exact) mass is 484 g/mol. The minimum absolute atomic E-state index is 0.608. The molecule has 0 fully saturated rings. The maximum atomic E-state index is 7.31. The van der Waals surface area contributed by atoms with Gasteiger partial charge in [-0.1, -0.05) is 103 Å². The van der Waals surface area contributed by atoms with Gasteiger partial charge in [-0.05, 0) is 23.8 Å². The van der Waals surface area contributed by atoms with Crippen LogP contribution in [0.3, 0.4) is 0 Å². The zero-order valence-electron chi connectivity index (χ0n) is 20.3. The summed E-state index contributed by atoms with van der Waals surface area (Å²) in [5.41, 5.74) is 8.77. The molecule has 176 valence electrons. The van der Waals surface area contributed by atoms with Crippen molar-refractivity contribution < 1.29 is 0 Å². The Morgan fingerprint density at radius 1 is 0.447 bits per heavy atom. The van der Waals surface area contributed by atoms with Gasteiger partial charge in [-0.3, -0.25) is 0 Å². The Kier molecular flexibility index (Phi) is 5.13. The first-order valence-corrected chi connectivity index (χ1v) is 12.4. The Bertz CT molecular complexity index is 2010. The average Bonchev–Trinajstić information content (AvgIpc) is 3.00. The second-order valence-electron chi connectivity index (χ2n) is 9.14. The first kappa shape index (κ1) is 21.8. The van der Waals surface area contributed by atoms with Crippen LogP contribution in [0.25, 0.3) is 71.3 Å². The molecule has 4 nitrogen and oxygen atoms in total. The number of hydrogen-bond donors (Lipinski definition) is 0. The number of nitrogens with zero attached hydrogens (tertiary/aromatic N) is 4. The number of aromatic nitrogens is 3. The summed E-state index contributed by atoms with van der Waals surface area (Å²) in [6.07, 6.45) is 0. The quantitative estimate of drug-likeness (QED) is 0.186. The Hall–Kier alpha value is -5.40. The Morgan fingerprint density at radius 3 is 1.71 bits per heavy atom. The summed E-state index contributed by atoms with van der Waals surface area (Å²) < 4.78 is 0. The van der Waals surface area contributed by atoms with Crippen LogP contribution in [0.5, 0.6) is 0 Å². The Balaban J connectivity index is 1.61. The fourth-order valence-electron chi connectivity index (χ4n) is 5.06. The van der Waals surface area contributed by atoms with E-state index in [1.54, 1.807) is 0 Å². The van der Waals surface area contributed by atoms with E-state index in [9.17, 15) is 0 Å². The molecule has 4 heteroatoms. The number of fused-ring (bicyclic) bond motifs is 5. The van der Waals surface area contributed by atoms with E-state index in [2.05, 4.69) is 41.2 Å². The van der Waals surface area contributed by atoms with Gasteiger partial charge in [-0.15, -0.1) is 0 Å². The van der Waals surface area contributed by atoms with Gasteiger partial charge in [0.15, 0.2) is 5.69 Å². The van der Waals surface area contributed by atoms with Gasteiger partial charge in [-0.25, -0.2) is 19.8 Å². The molecule has 0 saturated heterocycles. The fourth-order valence-corrected chi connectivity index (χ4v) is 5.06. The van der Waals surface area contributed by atoms with Crippen molar-refractivity contribution in [3.8, 4) is 33.8 Å². The van der Waals surface area contributed by atoms with Crippen LogP contribution in [0.1, 0.15) is 0 Å². The van der Waals surface area contributed by atoms with Gasteiger partial charge >= 0.3 is 0 Å². The van der Waals surface area contributed by atoms with E-state index in [0.717, 1.165) is 66.5 Å². The van der Waals surface area contributed by atoms with Crippen molar-refractivity contribution in [2.75, 3.05) is 0 Å². The highest BCUT2D eigenvalue weighted by Gasteiger charge is 2.18. The van der Waals surface area contributed by atoms with Gasteiger partial charge in [-0.2, -0.15) is 0 Å². The standard InChI is InChI=1S/C34H20N4/c1-35-25-18-16-24(17-19-25)31-27-20-21-29-34(30(27)26-14-8-9-15-28(26)36-31)38-33(23-12-6-3-7-13-23)32(37-29)22-10-4-2-5-11-22/h2-21H. The van der Waals surface area contributed by atoms with E-state index in [0.29, 0.717) is 5.69 Å². The van der Waals surface area contributed by atoms with E-state index in [-0.39, 0.29) is 0 Å². The summed E-state index contributed by atoms with van der Waals surface area (Å²) in [6, 6.07) is 40.4. The molecule has 0 aliphatic heterocycles. The number of rotatable bonds is 3. The summed E-state index contributed by atoms with van der Waals surface area (Å²) in [4.78, 5) is 19.1. The molecule has 7 rings (SSSR count). The van der Waals surface area contributed by atoms with Crippen LogP contribution in [-0.4, -0.2) is 15.0 Å². The molecular weight excluding hydrogens is 464 g/mol. The fraction of sp³-hybridized carbons (Fsp3) is 0. The normalized spacial score (nSPS) is 11.1. The predicted molar refractivity (Wildman–Crippen MR) is 155 cm³/mol. The first-order valence-electron chi connectivity index (χ1n) is 12.4. The van der Waals surface area contributed by atoms with Crippen LogP contribution in [0.4, 0.5) is 5.69 Å². The van der Waals surface area contributed by atoms with Gasteiger partial charge in [0.2, 0.25) is 0 Å². The van der Waals surface area contributed by atoms with Crippen LogP contribution in [0, 0.1) is 6.57 Å². The molecule has 5 aromatic carbocycles. The van der Waals surface area contributed by atoms with Crippen LogP contribution < -0.4 is 0 Å². The van der Waals surface area contributed by atoms with Gasteiger partial charge in [0.1, 0.15) is 0 Å². The van der Waals surface area contributed by atoms with E-state index < -0.39 is 0 Å². The Labute approximate surface area is 219 Å². The molecule has 0 spiro atoms. The molecule has 2 aromatic heterocycles. The molecule has 7 aromatic rings. The van der Waals surface area contributed by atoms with Crippen LogP contribution >= 0.6 is 0 Å². The second-order valence-corrected chi connectivity index (χ2v) is 9.14. The average molecular weight is 485 g/mol. The van der Waals surface area contributed by atoms with E-state index in [4.69, 9.17) is 21.5 Å². The van der Waals surface area contributed by atoms with E-state index in [1.165, 1.54) is 0 Å². The summed E-state index contributed by atoms with van der Waals surface area (Å²) >= 11 is 0. The van der Waals surface area contributed by atoms with Crippen molar-refractivity contribution in [1.29, 1.82) is 0 Å². The predicted octanol–water partition coefficient (Wildman–Crippen LogP) is 8.88. The van der Waals surface area contributed by atoms with Crippen molar-refractivity contribution in [2.24, 2.45) is 0 Å². The lowest BCUT2D eigenvalue weighted by Gasteiger charge is -2.15. The van der Waals surface area contributed by atoms with Crippen molar-refractivity contribution in [2.45, 2.75) is 0 Å². The van der Waals surface area contributed by atoms with Gasteiger partial charge in [0.25, 0.3) is 0 Å². The third-order valence-electron chi connectivity index (χ3n) is 6.86. The lowest BCUT2D eigenvalue weighted by Crippen LogP contribution is -1.98. The van der Waals surface area contributed by atoms with E-state index >= 15 is 0 Å². The lowest BCUT2D eigenvalue weighted by atomic mass is 9.97. The molecule has 0 aliphatic rings. The highest BCUT2D eigenvalue weighted by Crippen LogP contribution is 2.39. The Morgan fingerprint density at radius 2 is 1.03 bits per heavy atom.